The van der Waals surface area contributed by atoms with Crippen molar-refractivity contribution in [2.24, 2.45) is 11.1 Å². The van der Waals surface area contributed by atoms with E-state index in [0.29, 0.717) is 11.6 Å². The molecular weight excluding hydrogens is 284 g/mol. The van der Waals surface area contributed by atoms with Crippen LogP contribution in [-0.2, 0) is 6.42 Å². The van der Waals surface area contributed by atoms with Gasteiger partial charge in [-0.2, -0.15) is 5.26 Å². The van der Waals surface area contributed by atoms with Crippen molar-refractivity contribution >= 4 is 11.6 Å². The van der Waals surface area contributed by atoms with Gasteiger partial charge in [-0.25, -0.2) is 0 Å². The Bertz CT molecular complexity index is 494. The topological polar surface area (TPSA) is 59.0 Å². The van der Waals surface area contributed by atoms with Gasteiger partial charge in [-0.3, -0.25) is 0 Å². The summed E-state index contributed by atoms with van der Waals surface area (Å²) in [5, 5.41) is 9.70. The van der Waals surface area contributed by atoms with Gasteiger partial charge >= 0.3 is 0 Å². The third-order valence-corrected chi connectivity index (χ3v) is 3.93. The van der Waals surface area contributed by atoms with Gasteiger partial charge in [-0.15, -0.1) is 0 Å². The molecule has 4 heteroatoms. The van der Waals surface area contributed by atoms with Crippen molar-refractivity contribution in [3.05, 3.63) is 28.8 Å². The summed E-state index contributed by atoms with van der Waals surface area (Å²) in [5.74, 6) is 0.807. The minimum Gasteiger partial charge on any atom is -0.493 e. The second-order valence-electron chi connectivity index (χ2n) is 6.04. The first-order valence-corrected chi connectivity index (χ1v) is 7.84. The molecule has 0 aliphatic rings. The Morgan fingerprint density at radius 3 is 2.76 bits per heavy atom. The number of nitrogens with zero attached hydrogens (tertiary/aromatic N) is 1. The van der Waals surface area contributed by atoms with Crippen molar-refractivity contribution in [2.45, 2.75) is 52.5 Å². The van der Waals surface area contributed by atoms with Crippen molar-refractivity contribution in [3.8, 4) is 11.8 Å². The van der Waals surface area contributed by atoms with Crippen LogP contribution in [0, 0.1) is 16.7 Å². The van der Waals surface area contributed by atoms with Gasteiger partial charge in [0.2, 0.25) is 0 Å². The predicted molar refractivity (Wildman–Crippen MR) is 87.5 cm³/mol. The summed E-state index contributed by atoms with van der Waals surface area (Å²) in [4.78, 5) is 0. The second-order valence-corrected chi connectivity index (χ2v) is 6.44. The van der Waals surface area contributed by atoms with Crippen LogP contribution in [0.4, 0.5) is 0 Å². The molecular formula is C17H25ClN2O. The molecule has 0 amide bonds. The van der Waals surface area contributed by atoms with Gasteiger partial charge in [-0.1, -0.05) is 24.6 Å². The number of nitriles is 1. The van der Waals surface area contributed by atoms with Gasteiger partial charge < -0.3 is 10.5 Å². The normalized spacial score (nSPS) is 12.8. The molecule has 0 bridgehead atoms. The van der Waals surface area contributed by atoms with E-state index in [-0.39, 0.29) is 11.5 Å². The van der Waals surface area contributed by atoms with Crippen LogP contribution in [0.25, 0.3) is 0 Å². The summed E-state index contributed by atoms with van der Waals surface area (Å²) in [5.41, 5.74) is 6.70. The smallest absolute Gasteiger partial charge is 0.124 e. The van der Waals surface area contributed by atoms with Crippen molar-refractivity contribution in [1.29, 1.82) is 5.26 Å². The Hall–Kier alpha value is -1.24. The standard InChI is InChI=1S/C17H25ClN2O/c1-4-13(20)11-14-15(18)7-5-8-16(14)21-10-6-9-17(2,3)12-19/h5,7-8,13H,4,6,9-11,20H2,1-3H3. The van der Waals surface area contributed by atoms with Crippen LogP contribution in [0.5, 0.6) is 5.75 Å². The SMILES string of the molecule is CCC(N)Cc1c(Cl)cccc1OCCCC(C)(C)C#N. The second kappa shape index (κ2) is 8.26. The molecule has 0 saturated carbocycles. The fraction of sp³-hybridized carbons (Fsp3) is 0.588. The summed E-state index contributed by atoms with van der Waals surface area (Å²) in [6.07, 6.45) is 3.27. The highest BCUT2D eigenvalue weighted by molar-refractivity contribution is 6.31. The fourth-order valence-electron chi connectivity index (χ4n) is 2.03. The zero-order valence-corrected chi connectivity index (χ0v) is 13.9. The Morgan fingerprint density at radius 2 is 2.14 bits per heavy atom. The van der Waals surface area contributed by atoms with Gasteiger partial charge in [0.15, 0.2) is 0 Å². The molecule has 1 rings (SSSR count). The molecule has 1 aromatic carbocycles. The average Bonchev–Trinajstić information content (AvgIpc) is 2.46. The van der Waals surface area contributed by atoms with E-state index in [0.717, 1.165) is 37.0 Å². The van der Waals surface area contributed by atoms with Gasteiger partial charge in [0, 0.05) is 16.6 Å². The minimum absolute atomic E-state index is 0.0878. The van der Waals surface area contributed by atoms with Crippen LogP contribution >= 0.6 is 11.6 Å². The van der Waals surface area contributed by atoms with E-state index in [1.807, 2.05) is 32.0 Å². The molecule has 0 aliphatic carbocycles. The molecule has 0 radical (unpaired) electrons. The maximum absolute atomic E-state index is 9.00. The number of hydrogen-bond donors (Lipinski definition) is 1. The van der Waals surface area contributed by atoms with E-state index in [9.17, 15) is 0 Å². The maximum atomic E-state index is 9.00. The van der Waals surface area contributed by atoms with E-state index >= 15 is 0 Å². The molecule has 0 heterocycles. The lowest BCUT2D eigenvalue weighted by molar-refractivity contribution is 0.281. The summed E-state index contributed by atoms with van der Waals surface area (Å²) < 4.78 is 5.85. The van der Waals surface area contributed by atoms with Crippen LogP contribution in [0.1, 0.15) is 45.6 Å². The summed E-state index contributed by atoms with van der Waals surface area (Å²) in [6.45, 7) is 6.53. The first-order valence-electron chi connectivity index (χ1n) is 7.46. The van der Waals surface area contributed by atoms with Gasteiger partial charge in [0.25, 0.3) is 0 Å². The van der Waals surface area contributed by atoms with Crippen LogP contribution < -0.4 is 10.5 Å². The van der Waals surface area contributed by atoms with E-state index < -0.39 is 0 Å². The lowest BCUT2D eigenvalue weighted by Crippen LogP contribution is -2.22. The molecule has 1 unspecified atom stereocenters. The molecule has 116 valence electrons. The highest BCUT2D eigenvalue weighted by Gasteiger charge is 2.16. The van der Waals surface area contributed by atoms with E-state index in [2.05, 4.69) is 13.0 Å². The molecule has 21 heavy (non-hydrogen) atoms. The number of benzene rings is 1. The molecule has 3 nitrogen and oxygen atoms in total. The molecule has 2 N–H and O–H groups in total. The van der Waals surface area contributed by atoms with Crippen LogP contribution in [0.2, 0.25) is 5.02 Å². The predicted octanol–water partition coefficient (Wildman–Crippen LogP) is 4.33. The van der Waals surface area contributed by atoms with Crippen molar-refractivity contribution in [1.82, 2.24) is 0 Å². The fourth-order valence-corrected chi connectivity index (χ4v) is 2.27. The minimum atomic E-state index is -0.301. The summed E-state index contributed by atoms with van der Waals surface area (Å²) >= 11 is 6.26. The molecule has 0 saturated heterocycles. The number of halogens is 1. The Balaban J connectivity index is 2.63. The monoisotopic (exact) mass is 308 g/mol. The molecule has 0 aromatic heterocycles. The molecule has 0 spiro atoms. The lowest BCUT2D eigenvalue weighted by atomic mass is 9.90. The Labute approximate surface area is 133 Å². The molecule has 1 atom stereocenters. The first kappa shape index (κ1) is 17.8. The van der Waals surface area contributed by atoms with Crippen molar-refractivity contribution in [2.75, 3.05) is 6.61 Å². The van der Waals surface area contributed by atoms with Crippen LogP contribution in [0.3, 0.4) is 0 Å². The van der Waals surface area contributed by atoms with Crippen LogP contribution in [-0.4, -0.2) is 12.6 Å². The zero-order valence-electron chi connectivity index (χ0n) is 13.2. The first-order chi connectivity index (χ1) is 9.89. The van der Waals surface area contributed by atoms with Crippen LogP contribution in [0.15, 0.2) is 18.2 Å². The molecule has 1 aromatic rings. The van der Waals surface area contributed by atoms with Gasteiger partial charge in [0.05, 0.1) is 18.1 Å². The van der Waals surface area contributed by atoms with Crippen molar-refractivity contribution in [3.63, 3.8) is 0 Å². The quantitative estimate of drug-likeness (QED) is 0.727. The third-order valence-electron chi connectivity index (χ3n) is 3.57. The third kappa shape index (κ3) is 5.95. The Morgan fingerprint density at radius 1 is 1.43 bits per heavy atom. The van der Waals surface area contributed by atoms with Crippen molar-refractivity contribution < 1.29 is 4.74 Å². The largest absolute Gasteiger partial charge is 0.493 e. The summed E-state index contributed by atoms with van der Waals surface area (Å²) in [7, 11) is 0. The van der Waals surface area contributed by atoms with Gasteiger partial charge in [-0.05, 0) is 51.7 Å². The maximum Gasteiger partial charge on any atom is 0.124 e. The summed E-state index contributed by atoms with van der Waals surface area (Å²) in [6, 6.07) is 8.07. The number of hydrogen-bond acceptors (Lipinski definition) is 3. The van der Waals surface area contributed by atoms with E-state index in [1.165, 1.54) is 0 Å². The highest BCUT2D eigenvalue weighted by Crippen LogP contribution is 2.28. The average molecular weight is 309 g/mol. The Kier molecular flexibility index (Phi) is 7.01. The zero-order chi connectivity index (χ0) is 15.9. The highest BCUT2D eigenvalue weighted by atomic mass is 35.5. The number of ether oxygens (including phenoxy) is 1. The molecule has 0 fully saturated rings. The van der Waals surface area contributed by atoms with E-state index in [1.54, 1.807) is 0 Å². The van der Waals surface area contributed by atoms with E-state index in [4.69, 9.17) is 27.3 Å². The number of rotatable bonds is 8. The molecule has 0 aliphatic heterocycles. The lowest BCUT2D eigenvalue weighted by Gasteiger charge is -2.17. The van der Waals surface area contributed by atoms with Gasteiger partial charge in [0.1, 0.15) is 5.75 Å². The number of nitrogens with two attached hydrogens (primary N) is 1.